The van der Waals surface area contributed by atoms with Crippen molar-refractivity contribution in [3.05, 3.63) is 29.3 Å². The Kier molecular flexibility index (Phi) is 5.39. The number of carbonyl (C=O) groups excluding carboxylic acids is 2. The number of hydrogen-bond acceptors (Lipinski definition) is 4. The molecule has 0 saturated heterocycles. The van der Waals surface area contributed by atoms with Crippen LogP contribution in [0.25, 0.3) is 0 Å². The summed E-state index contributed by atoms with van der Waals surface area (Å²) in [6.07, 6.45) is 1.70. The van der Waals surface area contributed by atoms with Crippen molar-refractivity contribution in [2.45, 2.75) is 46.1 Å². The molecule has 2 aliphatic carbocycles. The average Bonchev–Trinajstić information content (AvgIpc) is 3.19. The molecule has 2 bridgehead atoms. The number of hydrogen-bond donors (Lipinski definition) is 3. The first-order valence-corrected chi connectivity index (χ1v) is 9.33. The Morgan fingerprint density at radius 1 is 1.04 bits per heavy atom. The van der Waals surface area contributed by atoms with Crippen molar-refractivity contribution in [1.29, 1.82) is 0 Å². The van der Waals surface area contributed by atoms with Crippen molar-refractivity contribution in [2.24, 2.45) is 23.7 Å². The van der Waals surface area contributed by atoms with Crippen LogP contribution in [-0.4, -0.2) is 29.0 Å². The van der Waals surface area contributed by atoms with E-state index in [1.54, 1.807) is 6.92 Å². The molecular weight excluding hydrogens is 348 g/mol. The Hall–Kier alpha value is -2.57. The van der Waals surface area contributed by atoms with Crippen molar-refractivity contribution in [1.82, 2.24) is 10.9 Å². The van der Waals surface area contributed by atoms with Gasteiger partial charge in [0.2, 0.25) is 5.91 Å². The average molecular weight is 374 g/mol. The minimum absolute atomic E-state index is 0.0609. The second kappa shape index (κ2) is 7.58. The van der Waals surface area contributed by atoms with Crippen molar-refractivity contribution in [3.8, 4) is 5.75 Å². The van der Waals surface area contributed by atoms with Gasteiger partial charge in [-0.05, 0) is 75.1 Å². The van der Waals surface area contributed by atoms with Crippen LogP contribution in [-0.2, 0) is 14.4 Å². The number of carbonyl (C=O) groups is 3. The fraction of sp³-hybridized carbons (Fsp3) is 0.550. The number of ether oxygens (including phenoxy) is 1. The molecule has 1 aromatic carbocycles. The Morgan fingerprint density at radius 2 is 1.63 bits per heavy atom. The van der Waals surface area contributed by atoms with Crippen LogP contribution in [0, 0.1) is 37.5 Å². The minimum atomic E-state index is -0.930. The Bertz CT molecular complexity index is 742. The van der Waals surface area contributed by atoms with Gasteiger partial charge in [0.25, 0.3) is 5.91 Å². The van der Waals surface area contributed by atoms with Gasteiger partial charge in [-0.2, -0.15) is 0 Å². The third-order valence-electron chi connectivity index (χ3n) is 5.69. The zero-order chi connectivity index (χ0) is 19.7. The van der Waals surface area contributed by atoms with Crippen LogP contribution in [0.5, 0.6) is 5.75 Å². The lowest BCUT2D eigenvalue weighted by molar-refractivity contribution is -0.150. The molecule has 7 nitrogen and oxygen atoms in total. The summed E-state index contributed by atoms with van der Waals surface area (Å²) in [6, 6.07) is 5.68. The number of nitrogens with one attached hydrogen (secondary N) is 2. The fourth-order valence-corrected chi connectivity index (χ4v) is 4.59. The quantitative estimate of drug-likeness (QED) is 0.684. The van der Waals surface area contributed by atoms with Gasteiger partial charge >= 0.3 is 5.97 Å². The number of carboxylic acid groups (broad SMARTS) is 1. The van der Waals surface area contributed by atoms with Crippen LogP contribution in [0.15, 0.2) is 18.2 Å². The Labute approximate surface area is 158 Å². The predicted molar refractivity (Wildman–Crippen MR) is 97.7 cm³/mol. The normalized spacial score (nSPS) is 27.1. The van der Waals surface area contributed by atoms with Gasteiger partial charge in [-0.25, -0.2) is 0 Å². The molecule has 2 saturated carbocycles. The molecule has 2 fully saturated rings. The number of aliphatic carboxylic acids is 1. The maximum absolute atomic E-state index is 12.5. The molecule has 0 aliphatic heterocycles. The van der Waals surface area contributed by atoms with Crippen molar-refractivity contribution >= 4 is 17.8 Å². The van der Waals surface area contributed by atoms with E-state index in [4.69, 9.17) is 4.74 Å². The van der Waals surface area contributed by atoms with Crippen LogP contribution >= 0.6 is 0 Å². The van der Waals surface area contributed by atoms with Gasteiger partial charge in [-0.15, -0.1) is 0 Å². The van der Waals surface area contributed by atoms with Crippen LogP contribution in [0.2, 0.25) is 0 Å². The maximum Gasteiger partial charge on any atom is 0.307 e. The zero-order valence-corrected chi connectivity index (χ0v) is 15.8. The summed E-state index contributed by atoms with van der Waals surface area (Å²) in [5.41, 5.74) is 6.83. The van der Waals surface area contributed by atoms with E-state index in [1.807, 2.05) is 32.0 Å². The third-order valence-corrected chi connectivity index (χ3v) is 5.69. The zero-order valence-electron chi connectivity index (χ0n) is 15.8. The van der Waals surface area contributed by atoms with Gasteiger partial charge in [-0.3, -0.25) is 25.2 Å². The van der Waals surface area contributed by atoms with Crippen LogP contribution in [0.3, 0.4) is 0 Å². The first kappa shape index (κ1) is 19.2. The summed E-state index contributed by atoms with van der Waals surface area (Å²) < 4.78 is 5.65. The highest BCUT2D eigenvalue weighted by molar-refractivity contribution is 5.89. The van der Waals surface area contributed by atoms with Crippen LogP contribution < -0.4 is 15.6 Å². The molecular formula is C20H26N2O5. The molecule has 0 heterocycles. The SMILES string of the molecule is Cc1cc(C)cc(O[C@H](C)C(=O)NNC(=O)[C@@H]2[C@H]3CC[C@@H](C3)[C@@H]2C(=O)O)c1. The first-order chi connectivity index (χ1) is 12.8. The molecule has 3 N–H and O–H groups in total. The monoisotopic (exact) mass is 374 g/mol. The van der Waals surface area contributed by atoms with E-state index in [9.17, 15) is 19.5 Å². The van der Waals surface area contributed by atoms with E-state index in [-0.39, 0.29) is 11.8 Å². The van der Waals surface area contributed by atoms with Gasteiger partial charge in [0.1, 0.15) is 5.75 Å². The number of carboxylic acids is 1. The summed E-state index contributed by atoms with van der Waals surface area (Å²) in [7, 11) is 0. The predicted octanol–water partition coefficient (Wildman–Crippen LogP) is 1.97. The van der Waals surface area contributed by atoms with Crippen molar-refractivity contribution in [2.75, 3.05) is 0 Å². The molecule has 0 unspecified atom stereocenters. The largest absolute Gasteiger partial charge is 0.481 e. The van der Waals surface area contributed by atoms with E-state index in [0.29, 0.717) is 5.75 Å². The molecule has 146 valence electrons. The van der Waals surface area contributed by atoms with Crippen LogP contribution in [0.1, 0.15) is 37.3 Å². The molecule has 3 rings (SSSR count). The Balaban J connectivity index is 1.55. The van der Waals surface area contributed by atoms with E-state index < -0.39 is 35.7 Å². The molecule has 27 heavy (non-hydrogen) atoms. The number of rotatable bonds is 5. The second-order valence-corrected chi connectivity index (χ2v) is 7.79. The number of hydrazine groups is 1. The first-order valence-electron chi connectivity index (χ1n) is 9.33. The lowest BCUT2D eigenvalue weighted by Gasteiger charge is -2.27. The number of aryl methyl sites for hydroxylation is 2. The van der Waals surface area contributed by atoms with Gasteiger partial charge in [-0.1, -0.05) is 6.07 Å². The lowest BCUT2D eigenvalue weighted by atomic mass is 9.79. The number of benzene rings is 1. The fourth-order valence-electron chi connectivity index (χ4n) is 4.59. The molecule has 1 aromatic rings. The number of fused-ring (bicyclic) bond motifs is 2. The standard InChI is InChI=1S/C20H26N2O5/c1-10-6-11(2)8-15(7-10)27-12(3)18(23)21-22-19(24)16-13-4-5-14(9-13)17(16)20(25)26/h6-8,12-14,16-17H,4-5,9H2,1-3H3,(H,21,23)(H,22,24)(H,25,26)/t12-,13+,14+,16-,17+/m1/s1. The maximum atomic E-state index is 12.5. The van der Waals surface area contributed by atoms with E-state index >= 15 is 0 Å². The molecule has 0 spiro atoms. The lowest BCUT2D eigenvalue weighted by Crippen LogP contribution is -2.51. The van der Waals surface area contributed by atoms with Gasteiger partial charge < -0.3 is 9.84 Å². The van der Waals surface area contributed by atoms with Crippen LogP contribution in [0.4, 0.5) is 0 Å². The molecule has 0 aromatic heterocycles. The minimum Gasteiger partial charge on any atom is -0.481 e. The highest BCUT2D eigenvalue weighted by atomic mass is 16.5. The van der Waals surface area contributed by atoms with Crippen molar-refractivity contribution in [3.63, 3.8) is 0 Å². The summed E-state index contributed by atoms with van der Waals surface area (Å²) in [4.78, 5) is 36.3. The molecule has 2 amide bonds. The summed E-state index contributed by atoms with van der Waals surface area (Å²) in [5.74, 6) is -2.37. The molecule has 7 heteroatoms. The smallest absolute Gasteiger partial charge is 0.307 e. The molecule has 2 aliphatic rings. The number of amides is 2. The second-order valence-electron chi connectivity index (χ2n) is 7.79. The van der Waals surface area contributed by atoms with E-state index in [1.165, 1.54) is 0 Å². The van der Waals surface area contributed by atoms with Gasteiger partial charge in [0.05, 0.1) is 11.8 Å². The van der Waals surface area contributed by atoms with Gasteiger partial charge in [0, 0.05) is 0 Å². The van der Waals surface area contributed by atoms with Gasteiger partial charge in [0.15, 0.2) is 6.10 Å². The highest BCUT2D eigenvalue weighted by Crippen LogP contribution is 2.52. The summed E-state index contributed by atoms with van der Waals surface area (Å²) >= 11 is 0. The molecule has 5 atom stereocenters. The third kappa shape index (κ3) is 4.07. The van der Waals surface area contributed by atoms with Crippen molar-refractivity contribution < 1.29 is 24.2 Å². The Morgan fingerprint density at radius 3 is 2.22 bits per heavy atom. The van der Waals surface area contributed by atoms with E-state index in [0.717, 1.165) is 30.4 Å². The highest BCUT2D eigenvalue weighted by Gasteiger charge is 2.54. The summed E-state index contributed by atoms with van der Waals surface area (Å²) in [5, 5.41) is 9.44. The van der Waals surface area contributed by atoms with E-state index in [2.05, 4.69) is 10.9 Å². The summed E-state index contributed by atoms with van der Waals surface area (Å²) in [6.45, 7) is 5.48. The molecule has 0 radical (unpaired) electrons. The topological polar surface area (TPSA) is 105 Å².